The lowest BCUT2D eigenvalue weighted by molar-refractivity contribution is -0.143. The molecule has 0 aromatic carbocycles. The van der Waals surface area contributed by atoms with E-state index in [0.717, 1.165) is 38.5 Å². The van der Waals surface area contributed by atoms with Gasteiger partial charge in [-0.25, -0.2) is 0 Å². The van der Waals surface area contributed by atoms with Gasteiger partial charge >= 0.3 is 5.97 Å². The molecule has 2 unspecified atom stereocenters. The molecule has 0 bridgehead atoms. The van der Waals surface area contributed by atoms with Gasteiger partial charge < -0.3 is 20.3 Å². The summed E-state index contributed by atoms with van der Waals surface area (Å²) >= 11 is 0. The van der Waals surface area contributed by atoms with Gasteiger partial charge in [-0.3, -0.25) is 9.59 Å². The molecule has 0 saturated carbocycles. The average molecular weight is 1190 g/mol. The van der Waals surface area contributed by atoms with Crippen LogP contribution < -0.4 is 5.32 Å². The molecule has 0 aliphatic heterocycles. The van der Waals surface area contributed by atoms with Crippen molar-refractivity contribution in [2.45, 2.75) is 463 Å². The predicted molar refractivity (Wildman–Crippen MR) is 370 cm³/mol. The number of nitrogens with one attached hydrogen (secondary N) is 1. The molecule has 0 saturated heterocycles. The summed E-state index contributed by atoms with van der Waals surface area (Å²) in [4.78, 5) is 24.7. The van der Waals surface area contributed by atoms with Gasteiger partial charge in [-0.2, -0.15) is 0 Å². The number of hydrogen-bond donors (Lipinski definition) is 3. The molecule has 2 atom stereocenters. The summed E-state index contributed by atoms with van der Waals surface area (Å²) in [6, 6.07) is -0.543. The summed E-state index contributed by atoms with van der Waals surface area (Å²) in [5.74, 6) is -0.00948. The van der Waals surface area contributed by atoms with Crippen LogP contribution in [-0.2, 0) is 14.3 Å². The second-order valence-electron chi connectivity index (χ2n) is 27.0. The van der Waals surface area contributed by atoms with E-state index >= 15 is 0 Å². The smallest absolute Gasteiger partial charge is 0.305 e. The first-order valence-corrected chi connectivity index (χ1v) is 38.9. The number of carbonyl (C=O) groups is 2. The van der Waals surface area contributed by atoms with Gasteiger partial charge in [-0.05, 0) is 51.4 Å². The quantitative estimate of drug-likeness (QED) is 0.0320. The summed E-state index contributed by atoms with van der Waals surface area (Å²) in [7, 11) is 0. The van der Waals surface area contributed by atoms with Crippen molar-refractivity contribution in [1.82, 2.24) is 5.32 Å². The van der Waals surface area contributed by atoms with E-state index in [9.17, 15) is 19.8 Å². The molecule has 0 spiro atoms. The van der Waals surface area contributed by atoms with Crippen LogP contribution in [-0.4, -0.2) is 47.4 Å². The Morgan fingerprint density at radius 3 is 0.845 bits per heavy atom. The monoisotopic (exact) mass is 1180 g/mol. The van der Waals surface area contributed by atoms with Gasteiger partial charge in [0, 0.05) is 12.8 Å². The van der Waals surface area contributed by atoms with Crippen molar-refractivity contribution in [1.29, 1.82) is 0 Å². The molecule has 6 heteroatoms. The normalized spacial score (nSPS) is 12.5. The molecule has 0 heterocycles. The van der Waals surface area contributed by atoms with Crippen molar-refractivity contribution in [3.05, 3.63) is 12.2 Å². The third-order valence-electron chi connectivity index (χ3n) is 18.6. The molecular formula is C78H153NO5. The number of unbranched alkanes of at least 4 members (excludes halogenated alkanes) is 61. The number of aliphatic hydroxyl groups excluding tert-OH is 2. The Morgan fingerprint density at radius 1 is 0.321 bits per heavy atom. The molecule has 0 aromatic rings. The molecule has 0 aliphatic carbocycles. The molecule has 6 nitrogen and oxygen atoms in total. The zero-order chi connectivity index (χ0) is 60.6. The van der Waals surface area contributed by atoms with Crippen molar-refractivity contribution in [2.24, 2.45) is 0 Å². The van der Waals surface area contributed by atoms with Gasteiger partial charge in [0.1, 0.15) is 0 Å². The van der Waals surface area contributed by atoms with Gasteiger partial charge in [-0.1, -0.05) is 398 Å². The number of ether oxygens (including phenoxy) is 1. The Kier molecular flexibility index (Phi) is 72.8. The fraction of sp³-hybridized carbons (Fsp3) is 0.949. The van der Waals surface area contributed by atoms with Gasteiger partial charge in [0.25, 0.3) is 0 Å². The summed E-state index contributed by atoms with van der Waals surface area (Å²) in [5.41, 5.74) is 0. The Hall–Kier alpha value is -1.40. The minimum Gasteiger partial charge on any atom is -0.466 e. The Labute approximate surface area is 527 Å². The third-order valence-corrected chi connectivity index (χ3v) is 18.6. The standard InChI is InChI=1S/C78H153NO5/c1-3-5-7-9-11-13-15-17-19-21-22-23-29-32-35-39-42-46-50-54-58-62-66-70-76(81)75(74-80)79-77(82)71-67-63-59-55-51-47-43-40-36-33-30-27-25-24-26-28-31-34-37-41-45-49-53-57-61-65-69-73-84-78(83)72-68-64-60-56-52-48-44-38-20-18-16-14-12-10-8-6-4-2/h24-25,75-76,80-81H,3-23,26-74H2,1-2H3,(H,79,82)/b25-24-. The number of amides is 1. The second kappa shape index (κ2) is 74.1. The summed E-state index contributed by atoms with van der Waals surface area (Å²) in [6.45, 7) is 5.01. The first-order chi connectivity index (χ1) is 41.5. The minimum atomic E-state index is -0.666. The minimum absolute atomic E-state index is 0.0205. The van der Waals surface area contributed by atoms with E-state index in [0.29, 0.717) is 25.9 Å². The molecule has 1 amide bonds. The van der Waals surface area contributed by atoms with E-state index < -0.39 is 12.1 Å². The van der Waals surface area contributed by atoms with Crippen LogP contribution >= 0.6 is 0 Å². The lowest BCUT2D eigenvalue weighted by Gasteiger charge is -2.22. The van der Waals surface area contributed by atoms with Crippen LogP contribution in [0.15, 0.2) is 12.2 Å². The zero-order valence-corrected chi connectivity index (χ0v) is 57.4. The molecule has 0 fully saturated rings. The Morgan fingerprint density at radius 2 is 0.560 bits per heavy atom. The van der Waals surface area contributed by atoms with Gasteiger partial charge in [0.05, 0.1) is 25.4 Å². The Bertz CT molecular complexity index is 1270. The van der Waals surface area contributed by atoms with Crippen molar-refractivity contribution in [3.8, 4) is 0 Å². The van der Waals surface area contributed by atoms with Crippen molar-refractivity contribution >= 4 is 11.9 Å². The highest BCUT2D eigenvalue weighted by Gasteiger charge is 2.20. The van der Waals surface area contributed by atoms with Crippen LogP contribution in [0.5, 0.6) is 0 Å². The highest BCUT2D eigenvalue weighted by Crippen LogP contribution is 2.20. The fourth-order valence-electron chi connectivity index (χ4n) is 12.6. The molecule has 0 rings (SSSR count). The van der Waals surface area contributed by atoms with Gasteiger partial charge in [-0.15, -0.1) is 0 Å². The van der Waals surface area contributed by atoms with Crippen LogP contribution in [0.3, 0.4) is 0 Å². The predicted octanol–water partition coefficient (Wildman–Crippen LogP) is 25.5. The second-order valence-corrected chi connectivity index (χ2v) is 27.0. The topological polar surface area (TPSA) is 95.9 Å². The number of allylic oxidation sites excluding steroid dienone is 2. The zero-order valence-electron chi connectivity index (χ0n) is 57.4. The first-order valence-electron chi connectivity index (χ1n) is 38.9. The molecule has 500 valence electrons. The van der Waals surface area contributed by atoms with E-state index in [4.69, 9.17) is 4.74 Å². The fourth-order valence-corrected chi connectivity index (χ4v) is 12.6. The average Bonchev–Trinajstić information content (AvgIpc) is 3.50. The van der Waals surface area contributed by atoms with Crippen LogP contribution in [0.2, 0.25) is 0 Å². The van der Waals surface area contributed by atoms with E-state index in [-0.39, 0.29) is 18.5 Å². The highest BCUT2D eigenvalue weighted by atomic mass is 16.5. The molecule has 0 aromatic heterocycles. The lowest BCUT2D eigenvalue weighted by Crippen LogP contribution is -2.45. The molecule has 3 N–H and O–H groups in total. The molecule has 0 radical (unpaired) electrons. The number of hydrogen-bond acceptors (Lipinski definition) is 5. The van der Waals surface area contributed by atoms with E-state index in [1.54, 1.807) is 0 Å². The number of rotatable bonds is 74. The highest BCUT2D eigenvalue weighted by molar-refractivity contribution is 5.76. The van der Waals surface area contributed by atoms with Crippen molar-refractivity contribution < 1.29 is 24.5 Å². The molecular weight excluding hydrogens is 1030 g/mol. The summed E-state index contributed by atoms with van der Waals surface area (Å²) in [6.07, 6.45) is 92.9. The van der Waals surface area contributed by atoms with E-state index in [2.05, 4.69) is 31.3 Å². The maximum absolute atomic E-state index is 12.6. The van der Waals surface area contributed by atoms with Crippen LogP contribution in [0.4, 0.5) is 0 Å². The summed E-state index contributed by atoms with van der Waals surface area (Å²) in [5, 5.41) is 23.5. The summed E-state index contributed by atoms with van der Waals surface area (Å²) < 4.78 is 5.51. The third kappa shape index (κ3) is 69.7. The largest absolute Gasteiger partial charge is 0.466 e. The van der Waals surface area contributed by atoms with Crippen LogP contribution in [0.1, 0.15) is 450 Å². The maximum Gasteiger partial charge on any atom is 0.305 e. The van der Waals surface area contributed by atoms with E-state index in [1.807, 2.05) is 0 Å². The Balaban J connectivity index is 3.37. The number of aliphatic hydroxyl groups is 2. The maximum atomic E-state index is 12.6. The lowest BCUT2D eigenvalue weighted by atomic mass is 10.0. The first kappa shape index (κ1) is 82.6. The van der Waals surface area contributed by atoms with Gasteiger partial charge in [0.15, 0.2) is 0 Å². The number of carbonyl (C=O) groups excluding carboxylic acids is 2. The van der Waals surface area contributed by atoms with Crippen molar-refractivity contribution in [3.63, 3.8) is 0 Å². The molecule has 84 heavy (non-hydrogen) atoms. The van der Waals surface area contributed by atoms with Gasteiger partial charge in [0.2, 0.25) is 5.91 Å². The van der Waals surface area contributed by atoms with Crippen LogP contribution in [0.25, 0.3) is 0 Å². The molecule has 0 aliphatic rings. The van der Waals surface area contributed by atoms with Crippen LogP contribution in [0, 0.1) is 0 Å². The SMILES string of the molecule is CCCCCCCCCCCCCCCCCCCCCCCCCC(O)C(CO)NC(=O)CCCCCCCCCCCCC/C=C\CCCCCCCCCCCCCCOC(=O)CCCCCCCCCCCCCCCCCCC. The number of esters is 1. The van der Waals surface area contributed by atoms with E-state index in [1.165, 1.54) is 379 Å². The van der Waals surface area contributed by atoms with Crippen molar-refractivity contribution in [2.75, 3.05) is 13.2 Å².